The quantitative estimate of drug-likeness (QED) is 0.691. The summed E-state index contributed by atoms with van der Waals surface area (Å²) in [5, 5.41) is 0. The minimum atomic E-state index is 0.885. The summed E-state index contributed by atoms with van der Waals surface area (Å²) < 4.78 is 9.87. The third kappa shape index (κ3) is 1.59. The molecule has 61 valence electrons. The molecule has 0 aliphatic carbocycles. The fourth-order valence-electron chi connectivity index (χ4n) is 1.04. The van der Waals surface area contributed by atoms with Crippen molar-refractivity contribution < 1.29 is 8.83 Å². The standard InChI is InChI=1S/C10H9O2/c1(9-3-5-11-7-9)2-10-4-6-12-8-10/h1,3-8H,2H2. The van der Waals surface area contributed by atoms with Crippen LogP contribution in [0.15, 0.2) is 46.0 Å². The first kappa shape index (κ1) is 7.22. The molecule has 0 aliphatic rings. The normalized spacial score (nSPS) is 10.3. The molecule has 0 amide bonds. The average Bonchev–Trinajstić information content (AvgIpc) is 2.74. The Balaban J connectivity index is 1.91. The van der Waals surface area contributed by atoms with Crippen LogP contribution in [0.5, 0.6) is 0 Å². The largest absolute Gasteiger partial charge is 0.472 e. The molecule has 2 nitrogen and oxygen atoms in total. The highest BCUT2D eigenvalue weighted by Crippen LogP contribution is 2.09. The second-order valence-corrected chi connectivity index (χ2v) is 2.60. The van der Waals surface area contributed by atoms with Crippen LogP contribution in [0.4, 0.5) is 0 Å². The first-order valence-corrected chi connectivity index (χ1v) is 3.81. The molecule has 2 aromatic rings. The van der Waals surface area contributed by atoms with Crippen molar-refractivity contribution in [1.29, 1.82) is 0 Å². The molecule has 12 heavy (non-hydrogen) atoms. The molecular weight excluding hydrogens is 152 g/mol. The van der Waals surface area contributed by atoms with E-state index in [0.717, 1.165) is 12.0 Å². The third-order valence-corrected chi connectivity index (χ3v) is 1.70. The minimum Gasteiger partial charge on any atom is -0.472 e. The zero-order chi connectivity index (χ0) is 8.23. The van der Waals surface area contributed by atoms with Gasteiger partial charge in [-0.2, -0.15) is 0 Å². The maximum Gasteiger partial charge on any atom is 0.0937 e. The van der Waals surface area contributed by atoms with Crippen LogP contribution >= 0.6 is 0 Å². The summed E-state index contributed by atoms with van der Waals surface area (Å²) in [6.45, 7) is 0. The van der Waals surface area contributed by atoms with Crippen molar-refractivity contribution in [3.8, 4) is 0 Å². The number of furan rings is 2. The number of rotatable bonds is 3. The minimum absolute atomic E-state index is 0.885. The van der Waals surface area contributed by atoms with E-state index in [1.165, 1.54) is 5.56 Å². The van der Waals surface area contributed by atoms with Gasteiger partial charge in [0.2, 0.25) is 0 Å². The summed E-state index contributed by atoms with van der Waals surface area (Å²) >= 11 is 0. The summed E-state index contributed by atoms with van der Waals surface area (Å²) in [6, 6.07) is 3.89. The van der Waals surface area contributed by atoms with Gasteiger partial charge in [-0.1, -0.05) is 0 Å². The van der Waals surface area contributed by atoms with Crippen LogP contribution in [0.1, 0.15) is 11.1 Å². The van der Waals surface area contributed by atoms with Crippen molar-refractivity contribution in [3.63, 3.8) is 0 Å². The van der Waals surface area contributed by atoms with E-state index in [-0.39, 0.29) is 0 Å². The lowest BCUT2D eigenvalue weighted by Crippen LogP contribution is -1.82. The monoisotopic (exact) mass is 161 g/mol. The molecule has 0 saturated heterocycles. The van der Waals surface area contributed by atoms with Gasteiger partial charge < -0.3 is 8.83 Å². The molecule has 0 spiro atoms. The van der Waals surface area contributed by atoms with Gasteiger partial charge in [-0.3, -0.25) is 0 Å². The van der Waals surface area contributed by atoms with Gasteiger partial charge in [-0.15, -0.1) is 0 Å². The van der Waals surface area contributed by atoms with E-state index in [1.807, 2.05) is 12.1 Å². The van der Waals surface area contributed by atoms with Crippen LogP contribution < -0.4 is 0 Å². The summed E-state index contributed by atoms with van der Waals surface area (Å²) in [5.41, 5.74) is 2.28. The Hall–Kier alpha value is -1.44. The van der Waals surface area contributed by atoms with Crippen LogP contribution in [0.3, 0.4) is 0 Å². The molecule has 2 aromatic heterocycles. The first-order chi connectivity index (χ1) is 5.95. The molecule has 0 aliphatic heterocycles. The molecule has 0 fully saturated rings. The van der Waals surface area contributed by atoms with Gasteiger partial charge in [-0.25, -0.2) is 0 Å². The van der Waals surface area contributed by atoms with Crippen molar-refractivity contribution in [2.45, 2.75) is 6.42 Å². The molecule has 0 unspecified atom stereocenters. The number of hydrogen-bond acceptors (Lipinski definition) is 2. The van der Waals surface area contributed by atoms with E-state index >= 15 is 0 Å². The lowest BCUT2D eigenvalue weighted by atomic mass is 10.1. The van der Waals surface area contributed by atoms with Crippen LogP contribution in [-0.4, -0.2) is 0 Å². The van der Waals surface area contributed by atoms with Gasteiger partial charge >= 0.3 is 0 Å². The summed E-state index contributed by atoms with van der Waals surface area (Å²) in [6.07, 6.45) is 9.79. The third-order valence-electron chi connectivity index (χ3n) is 1.70. The van der Waals surface area contributed by atoms with E-state index in [2.05, 4.69) is 6.42 Å². The molecule has 0 bridgehead atoms. The van der Waals surface area contributed by atoms with Gasteiger partial charge in [0.05, 0.1) is 25.1 Å². The van der Waals surface area contributed by atoms with E-state index in [1.54, 1.807) is 25.1 Å². The molecule has 0 N–H and O–H groups in total. The summed E-state index contributed by atoms with van der Waals surface area (Å²) in [4.78, 5) is 0. The van der Waals surface area contributed by atoms with Crippen LogP contribution in [0, 0.1) is 6.42 Å². The molecule has 0 atom stereocenters. The fourth-order valence-corrected chi connectivity index (χ4v) is 1.04. The topological polar surface area (TPSA) is 26.3 Å². The highest BCUT2D eigenvalue weighted by molar-refractivity contribution is 5.21. The molecule has 0 aromatic carbocycles. The molecule has 1 radical (unpaired) electrons. The Labute approximate surface area is 70.8 Å². The maximum absolute atomic E-state index is 4.94. The van der Waals surface area contributed by atoms with Crippen molar-refractivity contribution in [2.75, 3.05) is 0 Å². The molecular formula is C10H9O2. The van der Waals surface area contributed by atoms with Gasteiger partial charge in [0.15, 0.2) is 0 Å². The van der Waals surface area contributed by atoms with Crippen molar-refractivity contribution in [3.05, 3.63) is 54.7 Å². The maximum atomic E-state index is 4.94. The van der Waals surface area contributed by atoms with Gasteiger partial charge in [0.25, 0.3) is 0 Å². The smallest absolute Gasteiger partial charge is 0.0937 e. The van der Waals surface area contributed by atoms with Gasteiger partial charge in [0, 0.05) is 0 Å². The van der Waals surface area contributed by atoms with E-state index in [9.17, 15) is 0 Å². The first-order valence-electron chi connectivity index (χ1n) is 3.81. The summed E-state index contributed by atoms with van der Waals surface area (Å²) in [5.74, 6) is 0. The SMILES string of the molecule is [CH](Cc1ccoc1)c1ccoc1. The van der Waals surface area contributed by atoms with Crippen molar-refractivity contribution >= 4 is 0 Å². The van der Waals surface area contributed by atoms with E-state index in [4.69, 9.17) is 8.83 Å². The molecule has 2 rings (SSSR count). The predicted molar refractivity (Wildman–Crippen MR) is 44.5 cm³/mol. The lowest BCUT2D eigenvalue weighted by molar-refractivity contribution is 0.563. The number of hydrogen-bond donors (Lipinski definition) is 0. The van der Waals surface area contributed by atoms with Crippen molar-refractivity contribution in [1.82, 2.24) is 0 Å². The highest BCUT2D eigenvalue weighted by Gasteiger charge is 1.97. The molecule has 2 heteroatoms. The van der Waals surface area contributed by atoms with E-state index in [0.29, 0.717) is 0 Å². The Morgan fingerprint density at radius 1 is 1.08 bits per heavy atom. The van der Waals surface area contributed by atoms with Crippen LogP contribution in [-0.2, 0) is 6.42 Å². The Morgan fingerprint density at radius 3 is 2.58 bits per heavy atom. The predicted octanol–water partition coefficient (Wildman–Crippen LogP) is 2.67. The fraction of sp³-hybridized carbons (Fsp3) is 0.100. The molecule has 0 saturated carbocycles. The van der Waals surface area contributed by atoms with Crippen LogP contribution in [0.25, 0.3) is 0 Å². The zero-order valence-corrected chi connectivity index (χ0v) is 6.57. The Morgan fingerprint density at radius 2 is 1.92 bits per heavy atom. The lowest BCUT2D eigenvalue weighted by Gasteiger charge is -1.91. The Bertz CT molecular complexity index is 271. The summed E-state index contributed by atoms with van der Waals surface area (Å²) in [7, 11) is 0. The molecule has 2 heterocycles. The van der Waals surface area contributed by atoms with Gasteiger partial charge in [-0.05, 0) is 36.1 Å². The van der Waals surface area contributed by atoms with Crippen molar-refractivity contribution in [2.24, 2.45) is 0 Å². The van der Waals surface area contributed by atoms with E-state index < -0.39 is 0 Å². The van der Waals surface area contributed by atoms with Crippen LogP contribution in [0.2, 0.25) is 0 Å². The average molecular weight is 161 g/mol. The highest BCUT2D eigenvalue weighted by atomic mass is 16.3. The van der Waals surface area contributed by atoms with Gasteiger partial charge in [0.1, 0.15) is 0 Å². The Kier molecular flexibility index (Phi) is 1.99. The second kappa shape index (κ2) is 3.30. The zero-order valence-electron chi connectivity index (χ0n) is 6.57. The second-order valence-electron chi connectivity index (χ2n) is 2.60.